The zero-order valence-electron chi connectivity index (χ0n) is 18.8. The second kappa shape index (κ2) is 9.31. The molecule has 3 atom stereocenters. The van der Waals surface area contributed by atoms with E-state index in [4.69, 9.17) is 4.74 Å². The average Bonchev–Trinajstić information content (AvgIpc) is 3.43. The molecule has 1 aromatic rings. The number of morpholine rings is 1. The Morgan fingerprint density at radius 1 is 1.03 bits per heavy atom. The summed E-state index contributed by atoms with van der Waals surface area (Å²) in [5.74, 6) is 1.97. The number of nitrogens with zero attached hydrogens (tertiary/aromatic N) is 2. The summed E-state index contributed by atoms with van der Waals surface area (Å²) in [6.07, 6.45) is 8.43. The summed E-state index contributed by atoms with van der Waals surface area (Å²) in [5.41, 5.74) is 1.49. The molecule has 2 saturated carbocycles. The number of carbonyl (C=O) groups excluding carboxylic acids is 1. The van der Waals surface area contributed by atoms with Crippen molar-refractivity contribution in [3.05, 3.63) is 18.2 Å². The molecule has 2 saturated heterocycles. The lowest BCUT2D eigenvalue weighted by atomic mass is 9.86. The van der Waals surface area contributed by atoms with Gasteiger partial charge in [0.05, 0.1) is 29.5 Å². The molecule has 4 fully saturated rings. The quantitative estimate of drug-likeness (QED) is 0.702. The van der Waals surface area contributed by atoms with Crippen LogP contribution < -0.4 is 10.2 Å². The van der Waals surface area contributed by atoms with E-state index in [0.29, 0.717) is 50.2 Å². The monoisotopic (exact) mass is 461 g/mol. The van der Waals surface area contributed by atoms with E-state index in [1.807, 2.05) is 6.07 Å². The van der Waals surface area contributed by atoms with Gasteiger partial charge in [0, 0.05) is 32.6 Å². The van der Waals surface area contributed by atoms with Gasteiger partial charge in [-0.1, -0.05) is 12.8 Å². The molecule has 1 amide bonds. The Balaban J connectivity index is 1.38. The lowest BCUT2D eigenvalue weighted by Crippen LogP contribution is -2.37. The second-order valence-corrected chi connectivity index (χ2v) is 11.9. The largest absolute Gasteiger partial charge is 0.378 e. The number of anilines is 2. The molecular formula is C24H35N3O4S. The summed E-state index contributed by atoms with van der Waals surface area (Å²) in [6.45, 7) is 3.86. The highest BCUT2D eigenvalue weighted by Crippen LogP contribution is 2.49. The average molecular weight is 462 g/mol. The van der Waals surface area contributed by atoms with Crippen LogP contribution in [0, 0.1) is 17.8 Å². The van der Waals surface area contributed by atoms with E-state index in [0.717, 1.165) is 50.4 Å². The Labute approximate surface area is 191 Å². The molecule has 176 valence electrons. The highest BCUT2D eigenvalue weighted by atomic mass is 32.2. The highest BCUT2D eigenvalue weighted by molar-refractivity contribution is 7.89. The maximum atomic E-state index is 13.3. The van der Waals surface area contributed by atoms with Crippen LogP contribution in [0.3, 0.4) is 0 Å². The fourth-order valence-corrected chi connectivity index (χ4v) is 7.72. The standard InChI is InChI=1S/C24H35N3O4S/c28-24(16-20-15-18-4-5-19(20)14-18)25-22-17-21(32(29,30)27-8-2-1-3-9-27)6-7-23(22)26-10-12-31-13-11-26/h6-7,17-20H,1-5,8-16H2,(H,25,28)/t18-,19-,20+/m0/s1. The fraction of sp³-hybridized carbons (Fsp3) is 0.708. The van der Waals surface area contributed by atoms with Crippen LogP contribution in [0.15, 0.2) is 23.1 Å². The summed E-state index contributed by atoms with van der Waals surface area (Å²) in [5, 5.41) is 3.11. The molecule has 2 bridgehead atoms. The van der Waals surface area contributed by atoms with Gasteiger partial charge < -0.3 is 15.0 Å². The Hall–Kier alpha value is -1.64. The van der Waals surface area contributed by atoms with E-state index >= 15 is 0 Å². The second-order valence-electron chi connectivity index (χ2n) is 9.93. The third kappa shape index (κ3) is 4.54. The first-order valence-corrected chi connectivity index (χ1v) is 13.7. The molecular weight excluding hydrogens is 426 g/mol. The molecule has 8 heteroatoms. The van der Waals surface area contributed by atoms with E-state index in [9.17, 15) is 13.2 Å². The van der Waals surface area contributed by atoms with Gasteiger partial charge in [-0.25, -0.2) is 8.42 Å². The van der Waals surface area contributed by atoms with Gasteiger partial charge in [0.1, 0.15) is 0 Å². The Morgan fingerprint density at radius 2 is 1.81 bits per heavy atom. The van der Waals surface area contributed by atoms with Crippen molar-refractivity contribution < 1.29 is 17.9 Å². The van der Waals surface area contributed by atoms with E-state index in [1.54, 1.807) is 16.4 Å². The number of hydrogen-bond donors (Lipinski definition) is 1. The highest BCUT2D eigenvalue weighted by Gasteiger charge is 2.40. The van der Waals surface area contributed by atoms with Crippen LogP contribution in [0.5, 0.6) is 0 Å². The van der Waals surface area contributed by atoms with Gasteiger partial charge in [0.2, 0.25) is 15.9 Å². The van der Waals surface area contributed by atoms with Crippen molar-refractivity contribution in [1.29, 1.82) is 0 Å². The third-order valence-electron chi connectivity index (χ3n) is 7.88. The number of rotatable bonds is 6. The number of piperidine rings is 1. The van der Waals surface area contributed by atoms with Crippen LogP contribution in [0.1, 0.15) is 51.4 Å². The molecule has 32 heavy (non-hydrogen) atoms. The summed E-state index contributed by atoms with van der Waals surface area (Å²) >= 11 is 0. The van der Waals surface area contributed by atoms with Crippen LogP contribution in [0.2, 0.25) is 0 Å². The van der Waals surface area contributed by atoms with Crippen LogP contribution in [0.25, 0.3) is 0 Å². The lowest BCUT2D eigenvalue weighted by molar-refractivity contribution is -0.117. The van der Waals surface area contributed by atoms with Gasteiger partial charge in [0.25, 0.3) is 0 Å². The Bertz CT molecular complexity index is 939. The van der Waals surface area contributed by atoms with E-state index in [1.165, 1.54) is 19.3 Å². The summed E-state index contributed by atoms with van der Waals surface area (Å²) in [4.78, 5) is 15.5. The fourth-order valence-electron chi connectivity index (χ4n) is 6.18. The maximum Gasteiger partial charge on any atom is 0.243 e. The van der Waals surface area contributed by atoms with E-state index in [-0.39, 0.29) is 10.8 Å². The van der Waals surface area contributed by atoms with Crippen molar-refractivity contribution >= 4 is 27.3 Å². The maximum absolute atomic E-state index is 13.3. The van der Waals surface area contributed by atoms with Crippen molar-refractivity contribution in [1.82, 2.24) is 4.31 Å². The number of carbonyl (C=O) groups is 1. The lowest BCUT2D eigenvalue weighted by Gasteiger charge is -2.31. The Morgan fingerprint density at radius 3 is 2.50 bits per heavy atom. The number of nitrogens with one attached hydrogen (secondary N) is 1. The number of amides is 1. The van der Waals surface area contributed by atoms with Crippen molar-refractivity contribution in [3.63, 3.8) is 0 Å². The van der Waals surface area contributed by atoms with Crippen molar-refractivity contribution in [2.45, 2.75) is 56.3 Å². The number of ether oxygens (including phenoxy) is 1. The summed E-state index contributed by atoms with van der Waals surface area (Å²) in [6, 6.07) is 5.23. The van der Waals surface area contributed by atoms with Crippen LogP contribution >= 0.6 is 0 Å². The van der Waals surface area contributed by atoms with Crippen LogP contribution in [-0.2, 0) is 19.6 Å². The number of fused-ring (bicyclic) bond motifs is 2. The summed E-state index contributed by atoms with van der Waals surface area (Å²) in [7, 11) is -3.56. The first-order chi connectivity index (χ1) is 15.5. The normalized spacial score (nSPS) is 28.8. The van der Waals surface area contributed by atoms with Gasteiger partial charge in [0.15, 0.2) is 0 Å². The molecule has 0 unspecified atom stereocenters. The SMILES string of the molecule is O=C(C[C@H]1C[C@H]2CC[C@H]1C2)Nc1cc(S(=O)(=O)N2CCCCC2)ccc1N1CCOCC1. The molecule has 5 rings (SSSR count). The molecule has 0 spiro atoms. The number of benzene rings is 1. The smallest absolute Gasteiger partial charge is 0.243 e. The van der Waals surface area contributed by atoms with Gasteiger partial charge >= 0.3 is 0 Å². The minimum Gasteiger partial charge on any atom is -0.378 e. The van der Waals surface area contributed by atoms with Crippen LogP contribution in [0.4, 0.5) is 11.4 Å². The first kappa shape index (κ1) is 22.2. The minimum atomic E-state index is -3.56. The van der Waals surface area contributed by atoms with Gasteiger partial charge in [-0.05, 0) is 68.1 Å². The van der Waals surface area contributed by atoms with E-state index in [2.05, 4.69) is 10.2 Å². The molecule has 7 nitrogen and oxygen atoms in total. The number of sulfonamides is 1. The molecule has 4 aliphatic rings. The molecule has 0 radical (unpaired) electrons. The molecule has 2 heterocycles. The predicted octanol–water partition coefficient (Wildman–Crippen LogP) is 3.46. The van der Waals surface area contributed by atoms with Gasteiger partial charge in [-0.15, -0.1) is 0 Å². The zero-order chi connectivity index (χ0) is 22.1. The third-order valence-corrected chi connectivity index (χ3v) is 9.77. The van der Waals surface area contributed by atoms with Gasteiger partial charge in [-0.3, -0.25) is 4.79 Å². The van der Waals surface area contributed by atoms with Crippen LogP contribution in [-0.4, -0.2) is 58.0 Å². The van der Waals surface area contributed by atoms with Crippen molar-refractivity contribution in [3.8, 4) is 0 Å². The molecule has 2 aliphatic heterocycles. The predicted molar refractivity (Wildman–Crippen MR) is 124 cm³/mol. The van der Waals surface area contributed by atoms with Crippen molar-refractivity contribution in [2.24, 2.45) is 17.8 Å². The Kier molecular flexibility index (Phi) is 6.45. The zero-order valence-corrected chi connectivity index (χ0v) is 19.6. The van der Waals surface area contributed by atoms with Gasteiger partial charge in [-0.2, -0.15) is 4.31 Å². The number of hydrogen-bond acceptors (Lipinski definition) is 5. The first-order valence-electron chi connectivity index (χ1n) is 12.3. The molecule has 2 aliphatic carbocycles. The minimum absolute atomic E-state index is 0.00424. The molecule has 1 aromatic carbocycles. The van der Waals surface area contributed by atoms with E-state index < -0.39 is 10.0 Å². The van der Waals surface area contributed by atoms with Crippen molar-refractivity contribution in [2.75, 3.05) is 49.6 Å². The molecule has 1 N–H and O–H groups in total. The topological polar surface area (TPSA) is 79.0 Å². The molecule has 0 aromatic heterocycles. The summed E-state index contributed by atoms with van der Waals surface area (Å²) < 4.78 is 33.6.